The second-order valence-electron chi connectivity index (χ2n) is 4.85. The van der Waals surface area contributed by atoms with Gasteiger partial charge in [0, 0.05) is 12.7 Å². The van der Waals surface area contributed by atoms with E-state index in [9.17, 15) is 0 Å². The molecule has 7 heteroatoms. The summed E-state index contributed by atoms with van der Waals surface area (Å²) in [6.07, 6.45) is 0. The number of nitrogens with zero attached hydrogens (tertiary/aromatic N) is 4. The highest BCUT2D eigenvalue weighted by molar-refractivity contribution is 5.77. The van der Waals surface area contributed by atoms with Gasteiger partial charge < -0.3 is 15.2 Å². The molecular weight excluding hydrogens is 282 g/mol. The molecule has 0 saturated heterocycles. The zero-order valence-corrected chi connectivity index (χ0v) is 12.7. The minimum Gasteiger partial charge on any atom is -0.497 e. The summed E-state index contributed by atoms with van der Waals surface area (Å²) in [4.78, 5) is 8.78. The van der Waals surface area contributed by atoms with E-state index >= 15 is 0 Å². The van der Waals surface area contributed by atoms with Crippen molar-refractivity contribution in [3.63, 3.8) is 0 Å². The summed E-state index contributed by atoms with van der Waals surface area (Å²) in [5.74, 6) is 2.36. The third kappa shape index (κ3) is 2.35. The highest BCUT2D eigenvalue weighted by atomic mass is 16.5. The van der Waals surface area contributed by atoms with Crippen LogP contribution in [0.4, 0.5) is 5.82 Å². The van der Waals surface area contributed by atoms with E-state index in [0.717, 1.165) is 22.6 Å². The lowest BCUT2D eigenvalue weighted by atomic mass is 10.0. The molecule has 3 rings (SSSR count). The van der Waals surface area contributed by atoms with Gasteiger partial charge in [-0.15, -0.1) is 5.10 Å². The van der Waals surface area contributed by atoms with E-state index in [0.29, 0.717) is 24.0 Å². The first kappa shape index (κ1) is 14.3. The summed E-state index contributed by atoms with van der Waals surface area (Å²) < 4.78 is 12.0. The summed E-state index contributed by atoms with van der Waals surface area (Å²) in [5.41, 5.74) is 8.74. The lowest BCUT2D eigenvalue weighted by Gasteiger charge is -2.12. The standard InChI is InChI=1S/C15H17N5O2/c1-9-17-15-18-12(8-21-2)13(14(16)20(15)19-9)10-4-6-11(22-3)7-5-10/h4-7H,8,16H2,1-3H3. The fourth-order valence-electron chi connectivity index (χ4n) is 2.38. The first-order valence-electron chi connectivity index (χ1n) is 6.79. The van der Waals surface area contributed by atoms with Crippen LogP contribution in [0.1, 0.15) is 11.5 Å². The molecule has 0 fully saturated rings. The van der Waals surface area contributed by atoms with Crippen LogP contribution >= 0.6 is 0 Å². The van der Waals surface area contributed by atoms with Crippen molar-refractivity contribution in [1.82, 2.24) is 19.6 Å². The average molecular weight is 299 g/mol. The van der Waals surface area contributed by atoms with Gasteiger partial charge >= 0.3 is 0 Å². The Labute approximate surface area is 127 Å². The van der Waals surface area contributed by atoms with Crippen LogP contribution in [0.25, 0.3) is 16.9 Å². The van der Waals surface area contributed by atoms with Crippen molar-refractivity contribution < 1.29 is 9.47 Å². The number of nitrogen functional groups attached to an aromatic ring is 1. The number of hydrogen-bond donors (Lipinski definition) is 1. The van der Waals surface area contributed by atoms with Crippen molar-refractivity contribution in [1.29, 1.82) is 0 Å². The quantitative estimate of drug-likeness (QED) is 0.791. The van der Waals surface area contributed by atoms with E-state index in [1.807, 2.05) is 24.3 Å². The minimum atomic E-state index is 0.341. The molecule has 0 bridgehead atoms. The van der Waals surface area contributed by atoms with Gasteiger partial charge in [0.2, 0.25) is 0 Å². The molecule has 0 unspecified atom stereocenters. The second kappa shape index (κ2) is 5.61. The zero-order chi connectivity index (χ0) is 15.7. The predicted octanol–water partition coefficient (Wildman–Crippen LogP) is 1.84. The van der Waals surface area contributed by atoms with Crippen LogP contribution < -0.4 is 10.5 Å². The summed E-state index contributed by atoms with van der Waals surface area (Å²) >= 11 is 0. The van der Waals surface area contributed by atoms with E-state index < -0.39 is 0 Å². The fraction of sp³-hybridized carbons (Fsp3) is 0.267. The molecule has 2 heterocycles. The van der Waals surface area contributed by atoms with Crippen molar-refractivity contribution in [2.75, 3.05) is 20.0 Å². The van der Waals surface area contributed by atoms with Crippen molar-refractivity contribution >= 4 is 11.6 Å². The van der Waals surface area contributed by atoms with Gasteiger partial charge in [0.05, 0.1) is 19.4 Å². The van der Waals surface area contributed by atoms with Gasteiger partial charge in [-0.05, 0) is 24.6 Å². The van der Waals surface area contributed by atoms with Gasteiger partial charge in [-0.2, -0.15) is 9.50 Å². The van der Waals surface area contributed by atoms with Crippen LogP contribution in [-0.2, 0) is 11.3 Å². The summed E-state index contributed by atoms with van der Waals surface area (Å²) in [6, 6.07) is 7.62. The number of fused-ring (bicyclic) bond motifs is 1. The number of aryl methyl sites for hydroxylation is 1. The third-order valence-electron chi connectivity index (χ3n) is 3.36. The normalized spacial score (nSPS) is 11.0. The molecule has 22 heavy (non-hydrogen) atoms. The molecule has 0 spiro atoms. The number of ether oxygens (including phenoxy) is 2. The molecule has 0 aliphatic carbocycles. The van der Waals surface area contributed by atoms with E-state index in [1.165, 1.54) is 0 Å². The number of hydrogen-bond acceptors (Lipinski definition) is 6. The number of rotatable bonds is 4. The Balaban J connectivity index is 2.24. The Bertz CT molecular complexity index is 811. The highest BCUT2D eigenvalue weighted by Gasteiger charge is 2.17. The van der Waals surface area contributed by atoms with E-state index in [4.69, 9.17) is 15.2 Å². The zero-order valence-electron chi connectivity index (χ0n) is 12.7. The Morgan fingerprint density at radius 3 is 2.50 bits per heavy atom. The Morgan fingerprint density at radius 1 is 1.14 bits per heavy atom. The van der Waals surface area contributed by atoms with Crippen LogP contribution in [0, 0.1) is 6.92 Å². The number of anilines is 1. The van der Waals surface area contributed by atoms with Crippen molar-refractivity contribution in [2.24, 2.45) is 0 Å². The van der Waals surface area contributed by atoms with Gasteiger partial charge in [0.1, 0.15) is 17.4 Å². The average Bonchev–Trinajstić information content (AvgIpc) is 2.89. The van der Waals surface area contributed by atoms with Gasteiger partial charge in [0.25, 0.3) is 5.78 Å². The SMILES string of the molecule is COCc1nc2nc(C)nn2c(N)c1-c1ccc(OC)cc1. The van der Waals surface area contributed by atoms with Crippen LogP contribution in [0.15, 0.2) is 24.3 Å². The molecule has 2 N–H and O–H groups in total. The molecule has 0 radical (unpaired) electrons. The minimum absolute atomic E-state index is 0.341. The predicted molar refractivity (Wildman–Crippen MR) is 82.6 cm³/mol. The molecule has 0 saturated carbocycles. The molecule has 7 nitrogen and oxygen atoms in total. The second-order valence-corrected chi connectivity index (χ2v) is 4.85. The first-order chi connectivity index (χ1) is 10.6. The van der Waals surface area contributed by atoms with Crippen LogP contribution in [0.3, 0.4) is 0 Å². The maximum Gasteiger partial charge on any atom is 0.254 e. The van der Waals surface area contributed by atoms with E-state index in [-0.39, 0.29) is 0 Å². The molecule has 2 aromatic heterocycles. The summed E-state index contributed by atoms with van der Waals surface area (Å²) in [6.45, 7) is 2.14. The summed E-state index contributed by atoms with van der Waals surface area (Å²) in [7, 11) is 3.25. The lowest BCUT2D eigenvalue weighted by Crippen LogP contribution is -2.08. The van der Waals surface area contributed by atoms with Crippen molar-refractivity contribution in [3.05, 3.63) is 35.8 Å². The molecule has 1 aromatic carbocycles. The number of benzene rings is 1. The van der Waals surface area contributed by atoms with Crippen molar-refractivity contribution in [2.45, 2.75) is 13.5 Å². The number of nitrogens with two attached hydrogens (primary N) is 1. The lowest BCUT2D eigenvalue weighted by molar-refractivity contribution is 0.182. The maximum atomic E-state index is 6.30. The van der Waals surface area contributed by atoms with Crippen LogP contribution in [-0.4, -0.2) is 33.8 Å². The molecular formula is C15H17N5O2. The Kier molecular flexibility index (Phi) is 3.64. The smallest absolute Gasteiger partial charge is 0.254 e. The third-order valence-corrected chi connectivity index (χ3v) is 3.36. The van der Waals surface area contributed by atoms with Crippen molar-refractivity contribution in [3.8, 4) is 16.9 Å². The van der Waals surface area contributed by atoms with Gasteiger partial charge in [-0.3, -0.25) is 0 Å². The molecule has 0 atom stereocenters. The molecule has 0 amide bonds. The van der Waals surface area contributed by atoms with Gasteiger partial charge in [-0.1, -0.05) is 12.1 Å². The van der Waals surface area contributed by atoms with Crippen LogP contribution in [0.5, 0.6) is 5.75 Å². The number of aromatic nitrogens is 4. The largest absolute Gasteiger partial charge is 0.497 e. The van der Waals surface area contributed by atoms with Crippen LogP contribution in [0.2, 0.25) is 0 Å². The number of methoxy groups -OCH3 is 2. The van der Waals surface area contributed by atoms with Gasteiger partial charge in [-0.25, -0.2) is 4.98 Å². The molecule has 0 aliphatic heterocycles. The topological polar surface area (TPSA) is 87.6 Å². The van der Waals surface area contributed by atoms with Gasteiger partial charge in [0.15, 0.2) is 0 Å². The fourth-order valence-corrected chi connectivity index (χ4v) is 2.38. The maximum absolute atomic E-state index is 6.30. The Hall–Kier alpha value is -2.67. The molecule has 0 aliphatic rings. The molecule has 3 aromatic rings. The highest BCUT2D eigenvalue weighted by Crippen LogP contribution is 2.30. The van der Waals surface area contributed by atoms with E-state index in [1.54, 1.807) is 25.7 Å². The first-order valence-corrected chi connectivity index (χ1v) is 6.79. The van der Waals surface area contributed by atoms with E-state index in [2.05, 4.69) is 15.1 Å². The summed E-state index contributed by atoms with van der Waals surface area (Å²) in [5, 5.41) is 4.29. The monoisotopic (exact) mass is 299 g/mol. The Morgan fingerprint density at radius 2 is 1.86 bits per heavy atom. The molecule has 114 valence electrons.